The highest BCUT2D eigenvalue weighted by Gasteiger charge is 2.29. The van der Waals surface area contributed by atoms with Gasteiger partial charge in [-0.2, -0.15) is 5.10 Å². The number of aromatic nitrogens is 2. The number of nitrogens with zero attached hydrogens (tertiary/aromatic N) is 3. The summed E-state index contributed by atoms with van der Waals surface area (Å²) in [6.07, 6.45) is 2.44. The van der Waals surface area contributed by atoms with Gasteiger partial charge in [0.05, 0.1) is 11.1 Å². The van der Waals surface area contributed by atoms with Crippen LogP contribution in [0.1, 0.15) is 50.0 Å². The molecule has 2 heterocycles. The monoisotopic (exact) mass is 420 g/mol. The fourth-order valence-electron chi connectivity index (χ4n) is 3.69. The maximum Gasteiger partial charge on any atom is 0.274 e. The van der Waals surface area contributed by atoms with Crippen LogP contribution >= 0.6 is 0 Å². The van der Waals surface area contributed by atoms with Gasteiger partial charge in [-0.25, -0.2) is 17.4 Å². The van der Waals surface area contributed by atoms with E-state index in [1.165, 1.54) is 8.99 Å². The summed E-state index contributed by atoms with van der Waals surface area (Å²) in [5.74, 6) is -0.181. The van der Waals surface area contributed by atoms with Crippen molar-refractivity contribution in [2.75, 3.05) is 18.8 Å². The van der Waals surface area contributed by atoms with Crippen molar-refractivity contribution in [3.63, 3.8) is 0 Å². The first kappa shape index (κ1) is 21.4. The molecule has 1 saturated heterocycles. The van der Waals surface area contributed by atoms with Gasteiger partial charge in [0.15, 0.2) is 5.69 Å². The number of carbonyl (C=O) groups excluding carboxylic acids is 1. The van der Waals surface area contributed by atoms with Gasteiger partial charge in [0.2, 0.25) is 10.0 Å². The van der Waals surface area contributed by atoms with Crippen LogP contribution in [0.15, 0.2) is 29.1 Å². The number of benzene rings is 1. The summed E-state index contributed by atoms with van der Waals surface area (Å²) in [7, 11) is -3.21. The second-order valence-corrected chi connectivity index (χ2v) is 9.47. The number of nitrogens with one attached hydrogen (secondary N) is 1. The molecule has 1 aliphatic heterocycles. The van der Waals surface area contributed by atoms with Crippen LogP contribution in [0, 0.1) is 0 Å². The van der Waals surface area contributed by atoms with Crippen LogP contribution in [0.3, 0.4) is 0 Å². The lowest BCUT2D eigenvalue weighted by Gasteiger charge is -2.31. The van der Waals surface area contributed by atoms with Crippen LogP contribution in [0.5, 0.6) is 0 Å². The number of hydrogen-bond acceptors (Lipinski definition) is 5. The molecule has 1 aromatic heterocycles. The van der Waals surface area contributed by atoms with E-state index in [0.717, 1.165) is 6.42 Å². The molecule has 0 atom stereocenters. The van der Waals surface area contributed by atoms with Crippen molar-refractivity contribution >= 4 is 26.7 Å². The molecule has 0 aliphatic carbocycles. The third kappa shape index (κ3) is 4.67. The maximum absolute atomic E-state index is 13.0. The molecule has 1 aromatic carbocycles. The number of rotatable bonds is 7. The Morgan fingerprint density at radius 3 is 2.41 bits per heavy atom. The van der Waals surface area contributed by atoms with E-state index < -0.39 is 10.0 Å². The quantitative estimate of drug-likeness (QED) is 0.735. The second-order valence-electron chi connectivity index (χ2n) is 7.39. The van der Waals surface area contributed by atoms with E-state index in [-0.39, 0.29) is 29.0 Å². The molecule has 1 amide bonds. The van der Waals surface area contributed by atoms with E-state index in [1.807, 2.05) is 13.8 Å². The lowest BCUT2D eigenvalue weighted by molar-refractivity contribution is 0.0918. The van der Waals surface area contributed by atoms with Gasteiger partial charge in [-0.15, -0.1) is 0 Å². The molecule has 0 radical (unpaired) electrons. The molecule has 2 aromatic rings. The molecule has 1 N–H and O–H groups in total. The van der Waals surface area contributed by atoms with Crippen molar-refractivity contribution in [3.8, 4) is 0 Å². The van der Waals surface area contributed by atoms with Crippen LogP contribution in [-0.4, -0.2) is 53.3 Å². The van der Waals surface area contributed by atoms with Gasteiger partial charge < -0.3 is 5.32 Å². The summed E-state index contributed by atoms with van der Waals surface area (Å²) in [5.41, 5.74) is 0.0307. The average Bonchev–Trinajstić information content (AvgIpc) is 2.70. The first-order valence-electron chi connectivity index (χ1n) is 10.2. The summed E-state index contributed by atoms with van der Waals surface area (Å²) < 4.78 is 27.3. The van der Waals surface area contributed by atoms with Crippen LogP contribution < -0.4 is 10.9 Å². The van der Waals surface area contributed by atoms with Gasteiger partial charge in [0, 0.05) is 31.1 Å². The number of carbonyl (C=O) groups is 1. The molecule has 29 heavy (non-hydrogen) atoms. The van der Waals surface area contributed by atoms with Crippen molar-refractivity contribution in [1.82, 2.24) is 19.4 Å². The maximum atomic E-state index is 13.0. The number of fused-ring (bicyclic) bond motifs is 1. The Labute approximate surface area is 170 Å². The SMILES string of the molecule is CCCn1nc(C(=O)NC2CCN(S(=O)(=O)CCC)CC2)c2ccccc2c1=O. The van der Waals surface area contributed by atoms with Gasteiger partial charge in [0.25, 0.3) is 11.5 Å². The fraction of sp³-hybridized carbons (Fsp3) is 0.550. The van der Waals surface area contributed by atoms with Crippen LogP contribution in [0.2, 0.25) is 0 Å². The molecule has 8 nitrogen and oxygen atoms in total. The van der Waals surface area contributed by atoms with Gasteiger partial charge in [0.1, 0.15) is 0 Å². The molecule has 1 fully saturated rings. The Hall–Kier alpha value is -2.26. The minimum atomic E-state index is -3.21. The number of aryl methyl sites for hydroxylation is 1. The minimum absolute atomic E-state index is 0.123. The molecule has 158 valence electrons. The highest BCUT2D eigenvalue weighted by molar-refractivity contribution is 7.89. The molecule has 0 unspecified atom stereocenters. The van der Waals surface area contributed by atoms with E-state index in [4.69, 9.17) is 0 Å². The lowest BCUT2D eigenvalue weighted by atomic mass is 10.1. The number of sulfonamides is 1. The Kier molecular flexibility index (Phi) is 6.69. The molecule has 9 heteroatoms. The van der Waals surface area contributed by atoms with E-state index in [2.05, 4.69) is 10.4 Å². The van der Waals surface area contributed by atoms with Crippen molar-refractivity contribution in [1.29, 1.82) is 0 Å². The largest absolute Gasteiger partial charge is 0.348 e. The summed E-state index contributed by atoms with van der Waals surface area (Å²) in [6, 6.07) is 6.87. The lowest BCUT2D eigenvalue weighted by Crippen LogP contribution is -2.47. The zero-order valence-corrected chi connectivity index (χ0v) is 17.7. The Balaban J connectivity index is 1.78. The number of piperidine rings is 1. The van der Waals surface area contributed by atoms with Crippen molar-refractivity contribution in [2.24, 2.45) is 0 Å². The average molecular weight is 421 g/mol. The van der Waals surface area contributed by atoms with E-state index in [0.29, 0.717) is 49.7 Å². The molecule has 1 aliphatic rings. The minimum Gasteiger partial charge on any atom is -0.348 e. The Morgan fingerprint density at radius 1 is 1.14 bits per heavy atom. The number of hydrogen-bond donors (Lipinski definition) is 1. The standard InChI is InChI=1S/C20H28N4O4S/c1-3-11-24-20(26)17-8-6-5-7-16(17)18(22-24)19(25)21-15-9-12-23(13-10-15)29(27,28)14-4-2/h5-8,15H,3-4,9-14H2,1-2H3,(H,21,25). The summed E-state index contributed by atoms with van der Waals surface area (Å²) in [5, 5.41) is 8.31. The third-order valence-corrected chi connectivity index (χ3v) is 7.24. The fourth-order valence-corrected chi connectivity index (χ4v) is 5.23. The highest BCUT2D eigenvalue weighted by Crippen LogP contribution is 2.17. The highest BCUT2D eigenvalue weighted by atomic mass is 32.2. The first-order valence-corrected chi connectivity index (χ1v) is 11.8. The van der Waals surface area contributed by atoms with Crippen LogP contribution in [0.25, 0.3) is 10.8 Å². The van der Waals surface area contributed by atoms with Gasteiger partial charge in [-0.1, -0.05) is 32.0 Å². The van der Waals surface area contributed by atoms with E-state index in [9.17, 15) is 18.0 Å². The van der Waals surface area contributed by atoms with Crippen molar-refractivity contribution in [2.45, 2.75) is 52.1 Å². The van der Waals surface area contributed by atoms with Crippen molar-refractivity contribution in [3.05, 3.63) is 40.3 Å². The zero-order valence-electron chi connectivity index (χ0n) is 16.9. The van der Waals surface area contributed by atoms with E-state index in [1.54, 1.807) is 24.3 Å². The van der Waals surface area contributed by atoms with Crippen molar-refractivity contribution < 1.29 is 13.2 Å². The van der Waals surface area contributed by atoms with Gasteiger partial charge in [-0.3, -0.25) is 9.59 Å². The predicted molar refractivity (Wildman–Crippen MR) is 112 cm³/mol. The predicted octanol–water partition coefficient (Wildman–Crippen LogP) is 1.74. The molecular formula is C20H28N4O4S. The first-order chi connectivity index (χ1) is 13.9. The van der Waals surface area contributed by atoms with Gasteiger partial charge in [-0.05, 0) is 31.7 Å². The summed E-state index contributed by atoms with van der Waals surface area (Å²) in [6.45, 7) is 5.04. The van der Waals surface area contributed by atoms with E-state index >= 15 is 0 Å². The number of amides is 1. The summed E-state index contributed by atoms with van der Waals surface area (Å²) >= 11 is 0. The van der Waals surface area contributed by atoms with Gasteiger partial charge >= 0.3 is 0 Å². The topological polar surface area (TPSA) is 101 Å². The normalized spacial score (nSPS) is 16.2. The second kappa shape index (κ2) is 9.04. The molecule has 0 bridgehead atoms. The molecule has 3 rings (SSSR count). The van der Waals surface area contributed by atoms with Crippen LogP contribution in [0.4, 0.5) is 0 Å². The van der Waals surface area contributed by atoms with Crippen LogP contribution in [-0.2, 0) is 16.6 Å². The smallest absolute Gasteiger partial charge is 0.274 e. The Bertz CT molecular complexity index is 1040. The summed E-state index contributed by atoms with van der Waals surface area (Å²) in [4.78, 5) is 25.5. The molecule has 0 spiro atoms. The Morgan fingerprint density at radius 2 is 1.79 bits per heavy atom. The molecule has 0 saturated carbocycles. The molecular weight excluding hydrogens is 392 g/mol. The third-order valence-electron chi connectivity index (χ3n) is 5.16. The zero-order chi connectivity index (χ0) is 21.0.